The summed E-state index contributed by atoms with van der Waals surface area (Å²) in [6, 6.07) is 6.46. The number of hydrogen-bond acceptors (Lipinski definition) is 3. The van der Waals surface area contributed by atoms with Crippen LogP contribution in [0.2, 0.25) is 10.0 Å². The van der Waals surface area contributed by atoms with Crippen LogP contribution in [0.15, 0.2) is 18.2 Å². The van der Waals surface area contributed by atoms with E-state index in [1.807, 2.05) is 12.1 Å². The Morgan fingerprint density at radius 1 is 1.25 bits per heavy atom. The van der Waals surface area contributed by atoms with Gasteiger partial charge in [-0.3, -0.25) is 0 Å². The first-order valence-corrected chi connectivity index (χ1v) is 9.85. The van der Waals surface area contributed by atoms with E-state index < -0.39 is 0 Å². The van der Waals surface area contributed by atoms with Crippen LogP contribution in [0.5, 0.6) is 0 Å². The fourth-order valence-corrected chi connectivity index (χ4v) is 6.24. The predicted octanol–water partition coefficient (Wildman–Crippen LogP) is 4.75. The van der Waals surface area contributed by atoms with E-state index in [-0.39, 0.29) is 0 Å². The van der Waals surface area contributed by atoms with Crippen molar-refractivity contribution in [2.24, 2.45) is 0 Å². The van der Waals surface area contributed by atoms with Crippen LogP contribution in [-0.2, 0) is 6.42 Å². The van der Waals surface area contributed by atoms with Gasteiger partial charge in [0.25, 0.3) is 0 Å². The highest BCUT2D eigenvalue weighted by atomic mass is 35.5. The largest absolute Gasteiger partial charge is 0.316 e. The summed E-state index contributed by atoms with van der Waals surface area (Å²) in [5.41, 5.74) is 1.25. The summed E-state index contributed by atoms with van der Waals surface area (Å²) in [5.74, 6) is 2.54. The minimum atomic E-state index is 0.481. The van der Waals surface area contributed by atoms with Gasteiger partial charge in [0.2, 0.25) is 0 Å². The Labute approximate surface area is 140 Å². The molecule has 1 saturated heterocycles. The molecule has 1 aromatic carbocycles. The molecule has 1 aromatic rings. The van der Waals surface area contributed by atoms with Crippen molar-refractivity contribution in [3.8, 4) is 0 Å². The normalized spacial score (nSPS) is 24.6. The molecule has 0 spiro atoms. The molecule has 20 heavy (non-hydrogen) atoms. The van der Waals surface area contributed by atoms with E-state index in [2.05, 4.69) is 48.9 Å². The average Bonchev–Trinajstić information content (AvgIpc) is 2.48. The van der Waals surface area contributed by atoms with E-state index in [1.54, 1.807) is 0 Å². The Morgan fingerprint density at radius 2 is 2.00 bits per heavy atom. The quantitative estimate of drug-likeness (QED) is 0.823. The first-order valence-electron chi connectivity index (χ1n) is 7.00. The van der Waals surface area contributed by atoms with Crippen molar-refractivity contribution in [1.82, 2.24) is 5.32 Å². The topological polar surface area (TPSA) is 12.0 Å². The smallest absolute Gasteiger partial charge is 0.0595 e. The van der Waals surface area contributed by atoms with Crippen molar-refractivity contribution >= 4 is 46.7 Å². The van der Waals surface area contributed by atoms with Crippen LogP contribution in [0.4, 0.5) is 0 Å². The van der Waals surface area contributed by atoms with E-state index in [0.717, 1.165) is 11.7 Å². The summed E-state index contributed by atoms with van der Waals surface area (Å²) in [6.45, 7) is 2.29. The first kappa shape index (κ1) is 16.8. The van der Waals surface area contributed by atoms with E-state index in [4.69, 9.17) is 23.2 Å². The van der Waals surface area contributed by atoms with Crippen LogP contribution in [0.1, 0.15) is 18.9 Å². The molecule has 112 valence electrons. The summed E-state index contributed by atoms with van der Waals surface area (Å²) in [5, 5.41) is 6.20. The summed E-state index contributed by atoms with van der Waals surface area (Å²) in [6.07, 6.45) is 2.24. The van der Waals surface area contributed by atoms with Crippen LogP contribution < -0.4 is 5.32 Å². The lowest BCUT2D eigenvalue weighted by atomic mass is 10.0. The molecule has 0 saturated carbocycles. The van der Waals surface area contributed by atoms with E-state index >= 15 is 0 Å². The highest BCUT2D eigenvalue weighted by molar-refractivity contribution is 8.07. The molecule has 0 bridgehead atoms. The van der Waals surface area contributed by atoms with Gasteiger partial charge < -0.3 is 5.32 Å². The third-order valence-electron chi connectivity index (χ3n) is 3.70. The van der Waals surface area contributed by atoms with Gasteiger partial charge in [-0.2, -0.15) is 23.5 Å². The standard InChI is InChI=1S/C15H21Cl2NS2/c1-3-14-15(20-7-6-19-14)13(18-2)9-10-4-5-11(16)12(17)8-10/h4-5,8,13-15,18H,3,6-7,9H2,1-2H3. The number of rotatable bonds is 5. The molecule has 0 radical (unpaired) electrons. The third-order valence-corrected chi connectivity index (χ3v) is 7.85. The summed E-state index contributed by atoms with van der Waals surface area (Å²) in [4.78, 5) is 0. The number of nitrogens with one attached hydrogen (secondary N) is 1. The molecule has 1 fully saturated rings. The monoisotopic (exact) mass is 349 g/mol. The van der Waals surface area contributed by atoms with Gasteiger partial charge in [-0.15, -0.1) is 0 Å². The number of halogens is 2. The van der Waals surface area contributed by atoms with E-state index in [9.17, 15) is 0 Å². The molecular formula is C15H21Cl2NS2. The summed E-state index contributed by atoms with van der Waals surface area (Å²) >= 11 is 16.3. The van der Waals surface area contributed by atoms with Gasteiger partial charge in [0.05, 0.1) is 10.0 Å². The molecule has 0 aromatic heterocycles. The second-order valence-electron chi connectivity index (χ2n) is 5.00. The first-order chi connectivity index (χ1) is 9.65. The van der Waals surface area contributed by atoms with Crippen molar-refractivity contribution in [3.05, 3.63) is 33.8 Å². The Balaban J connectivity index is 2.09. The van der Waals surface area contributed by atoms with Crippen molar-refractivity contribution in [3.63, 3.8) is 0 Å². The highest BCUT2D eigenvalue weighted by Crippen LogP contribution is 2.36. The maximum atomic E-state index is 6.12. The lowest BCUT2D eigenvalue weighted by Crippen LogP contribution is -2.44. The minimum absolute atomic E-state index is 0.481. The number of benzene rings is 1. The van der Waals surface area contributed by atoms with E-state index in [1.165, 1.54) is 23.5 Å². The van der Waals surface area contributed by atoms with Crippen molar-refractivity contribution in [1.29, 1.82) is 0 Å². The molecule has 3 unspecified atom stereocenters. The fourth-order valence-electron chi connectivity index (χ4n) is 2.61. The van der Waals surface area contributed by atoms with Crippen molar-refractivity contribution in [2.45, 2.75) is 36.3 Å². The van der Waals surface area contributed by atoms with Crippen molar-refractivity contribution in [2.75, 3.05) is 18.6 Å². The summed E-state index contributed by atoms with van der Waals surface area (Å²) in [7, 11) is 2.06. The lowest BCUT2D eigenvalue weighted by Gasteiger charge is -2.36. The molecule has 1 heterocycles. The van der Waals surface area contributed by atoms with Crippen LogP contribution in [0.3, 0.4) is 0 Å². The SMILES string of the molecule is CCC1SCCSC1C(Cc1ccc(Cl)c(Cl)c1)NC. The third kappa shape index (κ3) is 4.23. The van der Waals surface area contributed by atoms with Gasteiger partial charge in [0.15, 0.2) is 0 Å². The highest BCUT2D eigenvalue weighted by Gasteiger charge is 2.31. The Morgan fingerprint density at radius 3 is 2.65 bits per heavy atom. The molecule has 0 amide bonds. The Kier molecular flexibility index (Phi) is 6.89. The zero-order valence-electron chi connectivity index (χ0n) is 11.9. The Hall–Kier alpha value is 0.460. The summed E-state index contributed by atoms with van der Waals surface area (Å²) < 4.78 is 0. The molecular weight excluding hydrogens is 329 g/mol. The van der Waals surface area contributed by atoms with Gasteiger partial charge in [-0.25, -0.2) is 0 Å². The molecule has 1 nitrogen and oxygen atoms in total. The maximum absolute atomic E-state index is 6.12. The van der Waals surface area contributed by atoms with Crippen LogP contribution in [0.25, 0.3) is 0 Å². The molecule has 1 aliphatic heterocycles. The van der Waals surface area contributed by atoms with E-state index in [0.29, 0.717) is 21.3 Å². The fraction of sp³-hybridized carbons (Fsp3) is 0.600. The minimum Gasteiger partial charge on any atom is -0.316 e. The van der Waals surface area contributed by atoms with Crippen LogP contribution >= 0.6 is 46.7 Å². The van der Waals surface area contributed by atoms with Gasteiger partial charge in [0.1, 0.15) is 0 Å². The molecule has 1 aliphatic rings. The van der Waals surface area contributed by atoms with Gasteiger partial charge in [-0.05, 0) is 37.6 Å². The zero-order valence-corrected chi connectivity index (χ0v) is 15.0. The lowest BCUT2D eigenvalue weighted by molar-refractivity contribution is 0.517. The number of hydrogen-bond donors (Lipinski definition) is 1. The second kappa shape index (κ2) is 8.19. The number of thioether (sulfide) groups is 2. The molecule has 3 atom stereocenters. The zero-order chi connectivity index (χ0) is 14.5. The van der Waals surface area contributed by atoms with Gasteiger partial charge in [0, 0.05) is 28.0 Å². The second-order valence-corrected chi connectivity index (χ2v) is 8.45. The maximum Gasteiger partial charge on any atom is 0.0595 e. The Bertz CT molecular complexity index is 442. The predicted molar refractivity (Wildman–Crippen MR) is 95.8 cm³/mol. The number of likely N-dealkylation sites (N-methyl/N-ethyl adjacent to an activating group) is 1. The van der Waals surface area contributed by atoms with Crippen LogP contribution in [-0.4, -0.2) is 35.1 Å². The van der Waals surface area contributed by atoms with Crippen LogP contribution in [0, 0.1) is 0 Å². The molecule has 2 rings (SSSR count). The van der Waals surface area contributed by atoms with Crippen molar-refractivity contribution < 1.29 is 0 Å². The van der Waals surface area contributed by atoms with Gasteiger partial charge in [-0.1, -0.05) is 36.2 Å². The molecule has 1 N–H and O–H groups in total. The van der Waals surface area contributed by atoms with Gasteiger partial charge >= 0.3 is 0 Å². The molecule has 0 aliphatic carbocycles. The molecule has 5 heteroatoms. The average molecular weight is 350 g/mol.